The molecule has 0 atom stereocenters. The van der Waals surface area contributed by atoms with Gasteiger partial charge in [-0.15, -0.1) is 0 Å². The summed E-state index contributed by atoms with van der Waals surface area (Å²) in [5.74, 6) is -0.519. The summed E-state index contributed by atoms with van der Waals surface area (Å²) < 4.78 is 5.23. The third kappa shape index (κ3) is 2.37. The van der Waals surface area contributed by atoms with Gasteiger partial charge in [-0.05, 0) is 12.1 Å². The molecule has 1 amide bonds. The Morgan fingerprint density at radius 3 is 3.00 bits per heavy atom. The summed E-state index contributed by atoms with van der Waals surface area (Å²) in [6.07, 6.45) is 0.255. The predicted molar refractivity (Wildman–Crippen MR) is 66.1 cm³/mol. The van der Waals surface area contributed by atoms with Crippen molar-refractivity contribution >= 4 is 23.3 Å². The first-order valence-corrected chi connectivity index (χ1v) is 5.55. The van der Waals surface area contributed by atoms with Gasteiger partial charge in [-0.3, -0.25) is 9.59 Å². The molecule has 0 aromatic heterocycles. The molecule has 6 heteroatoms. The number of carbonyl (C=O) groups is 2. The van der Waals surface area contributed by atoms with Crippen molar-refractivity contribution in [3.8, 4) is 5.75 Å². The van der Waals surface area contributed by atoms with Gasteiger partial charge in [0.2, 0.25) is 5.91 Å². The third-order valence-corrected chi connectivity index (χ3v) is 2.74. The zero-order valence-electron chi connectivity index (χ0n) is 9.97. The largest absolute Gasteiger partial charge is 0.495 e. The van der Waals surface area contributed by atoms with E-state index in [0.717, 1.165) is 0 Å². The second-order valence-corrected chi connectivity index (χ2v) is 3.97. The molecule has 0 saturated heterocycles. The van der Waals surface area contributed by atoms with Gasteiger partial charge in [0.15, 0.2) is 0 Å². The number of anilines is 2. The summed E-state index contributed by atoms with van der Waals surface area (Å²) in [6.45, 7) is 0.188. The maximum atomic E-state index is 11.6. The summed E-state index contributed by atoms with van der Waals surface area (Å²) in [6, 6.07) is 5.23. The van der Waals surface area contributed by atoms with E-state index in [4.69, 9.17) is 9.84 Å². The van der Waals surface area contributed by atoms with Gasteiger partial charge >= 0.3 is 5.97 Å². The van der Waals surface area contributed by atoms with Gasteiger partial charge in [-0.2, -0.15) is 0 Å². The lowest BCUT2D eigenvalue weighted by atomic mass is 10.2. The number of amides is 1. The highest BCUT2D eigenvalue weighted by Gasteiger charge is 2.23. The molecule has 1 aliphatic heterocycles. The van der Waals surface area contributed by atoms with Gasteiger partial charge in [0.25, 0.3) is 0 Å². The van der Waals surface area contributed by atoms with Crippen LogP contribution in [0.3, 0.4) is 0 Å². The van der Waals surface area contributed by atoms with Crippen LogP contribution < -0.4 is 15.0 Å². The molecule has 18 heavy (non-hydrogen) atoms. The van der Waals surface area contributed by atoms with E-state index in [-0.39, 0.29) is 18.9 Å². The highest BCUT2D eigenvalue weighted by atomic mass is 16.5. The molecule has 6 nitrogen and oxygen atoms in total. The van der Waals surface area contributed by atoms with Crippen molar-refractivity contribution in [3.63, 3.8) is 0 Å². The number of hydrogen-bond donors (Lipinski definition) is 2. The molecule has 0 fully saturated rings. The number of nitrogens with one attached hydrogen (secondary N) is 1. The zero-order chi connectivity index (χ0) is 13.1. The van der Waals surface area contributed by atoms with Crippen LogP contribution >= 0.6 is 0 Å². The standard InChI is InChI=1S/C12H14N2O4/c1-18-9-4-2-3-8-12(9)14(7-11(16)17)6-5-10(15)13-8/h2-4H,5-7H2,1H3,(H,13,15)(H,16,17). The SMILES string of the molecule is COc1cccc2c1N(CC(=O)O)CCC(=O)N2. The first-order chi connectivity index (χ1) is 8.61. The Labute approximate surface area is 104 Å². The fraction of sp³-hybridized carbons (Fsp3) is 0.333. The Balaban J connectivity index is 2.47. The van der Waals surface area contributed by atoms with Crippen molar-refractivity contribution in [2.45, 2.75) is 6.42 Å². The Hall–Kier alpha value is -2.24. The number of carboxylic acids is 1. The van der Waals surface area contributed by atoms with Crippen LogP contribution in [0.1, 0.15) is 6.42 Å². The smallest absolute Gasteiger partial charge is 0.323 e. The highest BCUT2D eigenvalue weighted by Crippen LogP contribution is 2.37. The summed E-state index contributed by atoms with van der Waals surface area (Å²) in [7, 11) is 1.52. The molecule has 1 aromatic rings. The molecule has 0 aliphatic carbocycles. The topological polar surface area (TPSA) is 78.9 Å². The van der Waals surface area contributed by atoms with Crippen LogP contribution in [0.5, 0.6) is 5.75 Å². The summed E-state index contributed by atoms with van der Waals surface area (Å²) in [5.41, 5.74) is 1.20. The van der Waals surface area contributed by atoms with E-state index in [1.54, 1.807) is 23.1 Å². The average Bonchev–Trinajstić information content (AvgIpc) is 2.48. The first kappa shape index (κ1) is 12.2. The van der Waals surface area contributed by atoms with Crippen LogP contribution in [0.25, 0.3) is 0 Å². The number of benzene rings is 1. The van der Waals surface area contributed by atoms with Crippen molar-refractivity contribution in [2.75, 3.05) is 30.4 Å². The summed E-state index contributed by atoms with van der Waals surface area (Å²) in [4.78, 5) is 24.1. The number of rotatable bonds is 3. The van der Waals surface area contributed by atoms with Gasteiger partial charge in [-0.25, -0.2) is 0 Å². The Bertz CT molecular complexity index is 487. The molecule has 1 heterocycles. The number of methoxy groups -OCH3 is 1. The zero-order valence-corrected chi connectivity index (χ0v) is 9.97. The normalized spacial score (nSPS) is 14.5. The second kappa shape index (κ2) is 4.95. The van der Waals surface area contributed by atoms with Crippen LogP contribution in [0.2, 0.25) is 0 Å². The van der Waals surface area contributed by atoms with Crippen LogP contribution in [-0.2, 0) is 9.59 Å². The van der Waals surface area contributed by atoms with Crippen molar-refractivity contribution in [2.24, 2.45) is 0 Å². The number of ether oxygens (including phenoxy) is 1. The van der Waals surface area contributed by atoms with Crippen molar-refractivity contribution in [1.29, 1.82) is 0 Å². The number of aliphatic carboxylic acids is 1. The fourth-order valence-electron chi connectivity index (χ4n) is 2.00. The van der Waals surface area contributed by atoms with E-state index in [0.29, 0.717) is 23.7 Å². The Morgan fingerprint density at radius 2 is 2.33 bits per heavy atom. The molecule has 96 valence electrons. The lowest BCUT2D eigenvalue weighted by Crippen LogP contribution is -2.30. The minimum atomic E-state index is -0.943. The number of hydrogen-bond acceptors (Lipinski definition) is 4. The van der Waals surface area contributed by atoms with Crippen molar-refractivity contribution in [1.82, 2.24) is 0 Å². The van der Waals surface area contributed by atoms with Gasteiger partial charge in [0.05, 0.1) is 12.8 Å². The monoisotopic (exact) mass is 250 g/mol. The number of fused-ring (bicyclic) bond motifs is 1. The number of carbonyl (C=O) groups excluding carboxylic acids is 1. The van der Waals surface area contributed by atoms with Crippen LogP contribution in [0, 0.1) is 0 Å². The van der Waals surface area contributed by atoms with E-state index >= 15 is 0 Å². The lowest BCUT2D eigenvalue weighted by molar-refractivity contribution is -0.135. The maximum Gasteiger partial charge on any atom is 0.323 e. The van der Waals surface area contributed by atoms with Crippen LogP contribution in [-0.4, -0.2) is 37.2 Å². The molecule has 0 bridgehead atoms. The molecule has 2 rings (SSSR count). The van der Waals surface area contributed by atoms with E-state index in [1.807, 2.05) is 0 Å². The van der Waals surface area contributed by atoms with Gasteiger partial charge in [0.1, 0.15) is 18.0 Å². The molecule has 2 N–H and O–H groups in total. The van der Waals surface area contributed by atoms with E-state index < -0.39 is 5.97 Å². The molecule has 0 unspecified atom stereocenters. The molecule has 1 aliphatic rings. The van der Waals surface area contributed by atoms with E-state index in [1.165, 1.54) is 7.11 Å². The second-order valence-electron chi connectivity index (χ2n) is 3.97. The Morgan fingerprint density at radius 1 is 1.56 bits per heavy atom. The van der Waals surface area contributed by atoms with Crippen molar-refractivity contribution in [3.05, 3.63) is 18.2 Å². The number of para-hydroxylation sites is 1. The number of carboxylic acid groups (broad SMARTS) is 1. The first-order valence-electron chi connectivity index (χ1n) is 5.55. The minimum Gasteiger partial charge on any atom is -0.495 e. The minimum absolute atomic E-state index is 0.127. The van der Waals surface area contributed by atoms with Crippen LogP contribution in [0.15, 0.2) is 18.2 Å². The lowest BCUT2D eigenvalue weighted by Gasteiger charge is -2.24. The molecule has 0 saturated carbocycles. The van der Waals surface area contributed by atoms with E-state index in [2.05, 4.69) is 5.32 Å². The molecule has 1 aromatic carbocycles. The number of nitrogens with zero attached hydrogens (tertiary/aromatic N) is 1. The summed E-state index contributed by atoms with van der Waals surface area (Å²) in [5, 5.41) is 11.7. The molecular weight excluding hydrogens is 236 g/mol. The fourth-order valence-corrected chi connectivity index (χ4v) is 2.00. The third-order valence-electron chi connectivity index (χ3n) is 2.74. The van der Waals surface area contributed by atoms with Gasteiger partial charge < -0.3 is 20.1 Å². The average molecular weight is 250 g/mol. The molecule has 0 radical (unpaired) electrons. The van der Waals surface area contributed by atoms with Gasteiger partial charge in [0, 0.05) is 13.0 Å². The van der Waals surface area contributed by atoms with Crippen molar-refractivity contribution < 1.29 is 19.4 Å². The Kier molecular flexibility index (Phi) is 3.36. The van der Waals surface area contributed by atoms with Gasteiger partial charge in [-0.1, -0.05) is 6.07 Å². The molecule has 0 spiro atoms. The van der Waals surface area contributed by atoms with E-state index in [9.17, 15) is 9.59 Å². The predicted octanol–water partition coefficient (Wildman–Crippen LogP) is 0.928. The summed E-state index contributed by atoms with van der Waals surface area (Å²) >= 11 is 0. The quantitative estimate of drug-likeness (QED) is 0.834. The maximum absolute atomic E-state index is 11.6. The van der Waals surface area contributed by atoms with Crippen LogP contribution in [0.4, 0.5) is 11.4 Å². The molecular formula is C12H14N2O4. The highest BCUT2D eigenvalue weighted by molar-refractivity contribution is 5.98.